The smallest absolute Gasteiger partial charge is 0.251 e. The van der Waals surface area contributed by atoms with Gasteiger partial charge in [0.05, 0.1) is 0 Å². The Morgan fingerprint density at radius 3 is 2.78 bits per heavy atom. The van der Waals surface area contributed by atoms with Crippen LogP contribution < -0.4 is 5.32 Å². The van der Waals surface area contributed by atoms with Crippen molar-refractivity contribution in [1.29, 1.82) is 0 Å². The summed E-state index contributed by atoms with van der Waals surface area (Å²) in [6.45, 7) is 2.85. The zero-order chi connectivity index (χ0) is 13.4. The molecule has 0 radical (unpaired) electrons. The molecule has 1 atom stereocenters. The standard InChI is InChI=1S/C14H21NO2S/c1-3-4-5-9-15-14(16)13-8-6-7-12(10-13)11-18(2)17/h6-8,10H,3-5,9,11H2,1-2H3,(H,15,16). The molecule has 100 valence electrons. The lowest BCUT2D eigenvalue weighted by Gasteiger charge is -2.06. The largest absolute Gasteiger partial charge is 0.352 e. The van der Waals surface area contributed by atoms with Gasteiger partial charge in [-0.25, -0.2) is 0 Å². The van der Waals surface area contributed by atoms with Crippen LogP contribution in [0.1, 0.15) is 42.1 Å². The third kappa shape index (κ3) is 5.45. The molecule has 0 aromatic heterocycles. The Morgan fingerprint density at radius 2 is 2.11 bits per heavy atom. The van der Waals surface area contributed by atoms with Crippen LogP contribution in [0, 0.1) is 0 Å². The molecule has 0 fully saturated rings. The zero-order valence-electron chi connectivity index (χ0n) is 11.1. The van der Waals surface area contributed by atoms with Crippen molar-refractivity contribution in [3.8, 4) is 0 Å². The molecule has 0 spiro atoms. The number of benzene rings is 1. The second-order valence-corrected chi connectivity index (χ2v) is 5.82. The van der Waals surface area contributed by atoms with E-state index in [-0.39, 0.29) is 5.91 Å². The first-order valence-electron chi connectivity index (χ1n) is 6.30. The van der Waals surface area contributed by atoms with Gasteiger partial charge in [0.25, 0.3) is 5.91 Å². The molecule has 0 saturated carbocycles. The Kier molecular flexibility index (Phi) is 6.65. The van der Waals surface area contributed by atoms with Crippen LogP contribution >= 0.6 is 0 Å². The highest BCUT2D eigenvalue weighted by molar-refractivity contribution is 7.83. The van der Waals surface area contributed by atoms with Gasteiger partial charge in [0.15, 0.2) is 0 Å². The summed E-state index contributed by atoms with van der Waals surface area (Å²) in [6, 6.07) is 7.34. The van der Waals surface area contributed by atoms with Crippen LogP contribution in [0.5, 0.6) is 0 Å². The first-order chi connectivity index (χ1) is 8.63. The molecule has 0 aliphatic carbocycles. The van der Waals surface area contributed by atoms with Gasteiger partial charge >= 0.3 is 0 Å². The van der Waals surface area contributed by atoms with Crippen LogP contribution in [0.25, 0.3) is 0 Å². The average Bonchev–Trinajstić information content (AvgIpc) is 2.34. The van der Waals surface area contributed by atoms with E-state index in [1.165, 1.54) is 0 Å². The molecule has 3 nitrogen and oxygen atoms in total. The average molecular weight is 267 g/mol. The molecule has 1 unspecified atom stereocenters. The van der Waals surface area contributed by atoms with E-state index in [4.69, 9.17) is 0 Å². The Hall–Kier alpha value is -1.16. The summed E-state index contributed by atoms with van der Waals surface area (Å²) in [5.41, 5.74) is 1.59. The SMILES string of the molecule is CCCCCNC(=O)c1cccc(CS(C)=O)c1. The molecule has 1 aromatic carbocycles. The van der Waals surface area contributed by atoms with E-state index in [0.717, 1.165) is 31.4 Å². The maximum absolute atomic E-state index is 11.9. The Balaban J connectivity index is 2.54. The van der Waals surface area contributed by atoms with Crippen molar-refractivity contribution < 1.29 is 9.00 Å². The minimum Gasteiger partial charge on any atom is -0.352 e. The van der Waals surface area contributed by atoms with E-state index in [0.29, 0.717) is 11.3 Å². The molecule has 0 heterocycles. The second-order valence-electron chi connectivity index (χ2n) is 4.38. The summed E-state index contributed by atoms with van der Waals surface area (Å²) < 4.78 is 11.1. The van der Waals surface area contributed by atoms with Crippen LogP contribution in [0.4, 0.5) is 0 Å². The highest BCUT2D eigenvalue weighted by Gasteiger charge is 2.06. The first kappa shape index (κ1) is 14.9. The van der Waals surface area contributed by atoms with Crippen molar-refractivity contribution in [2.45, 2.75) is 31.9 Å². The number of carbonyl (C=O) groups is 1. The maximum Gasteiger partial charge on any atom is 0.251 e. The third-order valence-corrected chi connectivity index (χ3v) is 3.36. The minimum atomic E-state index is -0.878. The fourth-order valence-electron chi connectivity index (χ4n) is 1.72. The minimum absolute atomic E-state index is 0.0464. The van der Waals surface area contributed by atoms with Crippen LogP contribution in [0.3, 0.4) is 0 Å². The quantitative estimate of drug-likeness (QED) is 0.771. The number of carbonyl (C=O) groups excluding carboxylic acids is 1. The molecule has 1 N–H and O–H groups in total. The number of nitrogens with one attached hydrogen (secondary N) is 1. The Morgan fingerprint density at radius 1 is 1.33 bits per heavy atom. The summed E-state index contributed by atoms with van der Waals surface area (Å²) in [5, 5.41) is 2.90. The molecular formula is C14H21NO2S. The van der Waals surface area contributed by atoms with E-state index >= 15 is 0 Å². The molecule has 1 amide bonds. The normalized spacial score (nSPS) is 12.1. The van der Waals surface area contributed by atoms with Gasteiger partial charge in [-0.1, -0.05) is 31.9 Å². The molecule has 1 aromatic rings. The maximum atomic E-state index is 11.9. The summed E-state index contributed by atoms with van der Waals surface area (Å²) in [5.74, 6) is 0.451. The lowest BCUT2D eigenvalue weighted by Crippen LogP contribution is -2.24. The van der Waals surface area contributed by atoms with Crippen molar-refractivity contribution in [2.75, 3.05) is 12.8 Å². The molecule has 0 aliphatic rings. The fourth-order valence-corrected chi connectivity index (χ4v) is 2.37. The van der Waals surface area contributed by atoms with Crippen LogP contribution in [0.15, 0.2) is 24.3 Å². The van der Waals surface area contributed by atoms with Gasteiger partial charge in [-0.2, -0.15) is 0 Å². The summed E-state index contributed by atoms with van der Waals surface area (Å²) in [6.07, 6.45) is 4.96. The molecule has 0 saturated heterocycles. The first-order valence-corrected chi connectivity index (χ1v) is 8.03. The monoisotopic (exact) mass is 267 g/mol. The summed E-state index contributed by atoms with van der Waals surface area (Å²) in [4.78, 5) is 11.9. The Bertz CT molecular complexity index is 418. The fraction of sp³-hybridized carbons (Fsp3) is 0.500. The highest BCUT2D eigenvalue weighted by Crippen LogP contribution is 2.07. The van der Waals surface area contributed by atoms with Crippen molar-refractivity contribution in [2.24, 2.45) is 0 Å². The van der Waals surface area contributed by atoms with Crippen molar-refractivity contribution in [3.63, 3.8) is 0 Å². The Labute approximate surface area is 111 Å². The summed E-state index contributed by atoms with van der Waals surface area (Å²) >= 11 is 0. The topological polar surface area (TPSA) is 46.2 Å². The van der Waals surface area contributed by atoms with Gasteiger partial charge in [0.2, 0.25) is 0 Å². The van der Waals surface area contributed by atoms with Gasteiger partial charge in [-0.3, -0.25) is 9.00 Å². The summed E-state index contributed by atoms with van der Waals surface area (Å²) in [7, 11) is -0.878. The van der Waals surface area contributed by atoms with Crippen LogP contribution in [-0.2, 0) is 16.6 Å². The van der Waals surface area contributed by atoms with E-state index in [2.05, 4.69) is 12.2 Å². The molecular weight excluding hydrogens is 246 g/mol. The van der Waals surface area contributed by atoms with Crippen LogP contribution in [0.2, 0.25) is 0 Å². The second kappa shape index (κ2) is 8.03. The van der Waals surface area contributed by atoms with E-state index in [9.17, 15) is 9.00 Å². The molecule has 18 heavy (non-hydrogen) atoms. The van der Waals surface area contributed by atoms with Crippen molar-refractivity contribution in [1.82, 2.24) is 5.32 Å². The highest BCUT2D eigenvalue weighted by atomic mass is 32.2. The van der Waals surface area contributed by atoms with Gasteiger partial charge in [-0.15, -0.1) is 0 Å². The molecule has 0 bridgehead atoms. The number of hydrogen-bond acceptors (Lipinski definition) is 2. The van der Waals surface area contributed by atoms with Crippen LogP contribution in [-0.4, -0.2) is 22.9 Å². The predicted molar refractivity (Wildman–Crippen MR) is 76.1 cm³/mol. The van der Waals surface area contributed by atoms with Gasteiger partial charge in [0, 0.05) is 34.9 Å². The number of unbranched alkanes of at least 4 members (excludes halogenated alkanes) is 2. The van der Waals surface area contributed by atoms with Gasteiger partial charge in [-0.05, 0) is 24.1 Å². The number of hydrogen-bond donors (Lipinski definition) is 1. The third-order valence-electron chi connectivity index (χ3n) is 2.62. The van der Waals surface area contributed by atoms with Crippen molar-refractivity contribution >= 4 is 16.7 Å². The number of rotatable bonds is 7. The lowest BCUT2D eigenvalue weighted by molar-refractivity contribution is 0.0953. The van der Waals surface area contributed by atoms with Gasteiger partial charge < -0.3 is 5.32 Å². The molecule has 0 aliphatic heterocycles. The van der Waals surface area contributed by atoms with E-state index in [1.807, 2.05) is 18.2 Å². The van der Waals surface area contributed by atoms with E-state index < -0.39 is 10.8 Å². The zero-order valence-corrected chi connectivity index (χ0v) is 11.9. The van der Waals surface area contributed by atoms with Crippen molar-refractivity contribution in [3.05, 3.63) is 35.4 Å². The predicted octanol–water partition coefficient (Wildman–Crippen LogP) is 2.49. The molecule has 1 rings (SSSR count). The van der Waals surface area contributed by atoms with E-state index in [1.54, 1.807) is 12.3 Å². The number of amides is 1. The lowest BCUT2D eigenvalue weighted by atomic mass is 10.1. The molecule has 4 heteroatoms. The van der Waals surface area contributed by atoms with Gasteiger partial charge in [0.1, 0.15) is 0 Å².